The Kier molecular flexibility index (Phi) is 7.19. The summed E-state index contributed by atoms with van der Waals surface area (Å²) in [6.45, 7) is 1.11. The van der Waals surface area contributed by atoms with Gasteiger partial charge >= 0.3 is 0 Å². The van der Waals surface area contributed by atoms with Crippen LogP contribution in [0.5, 0.6) is 0 Å². The fraction of sp³-hybridized carbons (Fsp3) is 0.333. The molecule has 0 saturated carbocycles. The molecule has 1 saturated heterocycles. The topological polar surface area (TPSA) is 225 Å². The van der Waals surface area contributed by atoms with E-state index in [1.165, 1.54) is 6.07 Å². The number of carbonyl (C=O) groups excluding carboxylic acids is 1. The van der Waals surface area contributed by atoms with Gasteiger partial charge in [0.2, 0.25) is 10.0 Å². The lowest BCUT2D eigenvalue weighted by molar-refractivity contribution is 0.0941. The molecule has 0 aromatic heterocycles. The lowest BCUT2D eigenvalue weighted by Gasteiger charge is -2.19. The van der Waals surface area contributed by atoms with Crippen LogP contribution in [-0.4, -0.2) is 66.7 Å². The van der Waals surface area contributed by atoms with Gasteiger partial charge in [-0.3, -0.25) is 4.79 Å². The van der Waals surface area contributed by atoms with Crippen molar-refractivity contribution in [2.45, 2.75) is 22.3 Å². The number of hydrogen-bond donors (Lipinski definition) is 5. The minimum atomic E-state index is -4.62. The Balaban J connectivity index is 1.96. The van der Waals surface area contributed by atoms with Gasteiger partial charge in [0, 0.05) is 24.7 Å². The van der Waals surface area contributed by atoms with Crippen LogP contribution in [0.2, 0.25) is 0 Å². The molecule has 192 valence electrons. The number of primary sulfonamides is 1. The van der Waals surface area contributed by atoms with Gasteiger partial charge in [0.25, 0.3) is 5.91 Å². The summed E-state index contributed by atoms with van der Waals surface area (Å²) in [5.74, 6) is -1.02. The number of amidine groups is 1. The summed E-state index contributed by atoms with van der Waals surface area (Å²) >= 11 is 0. The highest BCUT2D eigenvalue weighted by molar-refractivity contribution is 7.93. The third-order valence-corrected chi connectivity index (χ3v) is 8.74. The number of anilines is 1. The third-order valence-electron chi connectivity index (χ3n) is 5.84. The van der Waals surface area contributed by atoms with E-state index in [9.17, 15) is 21.6 Å². The number of hydrogen-bond acceptors (Lipinski definition) is 11. The molecule has 8 N–H and O–H groups in total. The number of azo groups is 1. The fourth-order valence-electron chi connectivity index (χ4n) is 4.20. The van der Waals surface area contributed by atoms with Gasteiger partial charge in [-0.05, 0) is 30.7 Å². The van der Waals surface area contributed by atoms with E-state index in [0.29, 0.717) is 6.54 Å². The molecular formula is C21H26N8O5S2. The zero-order chi connectivity index (χ0) is 26.1. The molecule has 2 heterocycles. The molecule has 0 bridgehead atoms. The van der Waals surface area contributed by atoms with Crippen molar-refractivity contribution in [2.75, 3.05) is 37.8 Å². The highest BCUT2D eigenvalue weighted by Crippen LogP contribution is 2.38. The van der Waals surface area contributed by atoms with Gasteiger partial charge in [0.05, 0.1) is 27.5 Å². The molecule has 36 heavy (non-hydrogen) atoms. The first-order chi connectivity index (χ1) is 17.0. The Bertz CT molecular complexity index is 1480. The van der Waals surface area contributed by atoms with Crippen molar-refractivity contribution < 1.29 is 21.6 Å². The van der Waals surface area contributed by atoms with Crippen molar-refractivity contribution in [3.63, 3.8) is 0 Å². The first kappa shape index (κ1) is 25.8. The second-order valence-electron chi connectivity index (χ2n) is 8.26. The van der Waals surface area contributed by atoms with E-state index in [0.717, 1.165) is 19.0 Å². The van der Waals surface area contributed by atoms with Gasteiger partial charge in [-0.1, -0.05) is 18.2 Å². The normalized spacial score (nSPS) is 17.8. The Morgan fingerprint density at radius 2 is 1.92 bits per heavy atom. The van der Waals surface area contributed by atoms with Crippen molar-refractivity contribution >= 4 is 37.3 Å². The largest absolute Gasteiger partial charge is 0.398 e. The molecule has 15 heteroatoms. The second kappa shape index (κ2) is 10.0. The molecule has 2 aromatic carbocycles. The van der Waals surface area contributed by atoms with Gasteiger partial charge in [-0.15, -0.1) is 5.11 Å². The van der Waals surface area contributed by atoms with Crippen LogP contribution >= 0.6 is 0 Å². The van der Waals surface area contributed by atoms with E-state index >= 15 is 0 Å². The summed E-state index contributed by atoms with van der Waals surface area (Å²) in [5.41, 5.74) is 12.4. The maximum absolute atomic E-state index is 12.9. The molecule has 13 nitrogen and oxygen atoms in total. The van der Waals surface area contributed by atoms with Gasteiger partial charge in [-0.2, -0.15) is 5.11 Å². The molecule has 0 spiro atoms. The highest BCUT2D eigenvalue weighted by Gasteiger charge is 2.33. The van der Waals surface area contributed by atoms with E-state index in [1.54, 1.807) is 18.2 Å². The van der Waals surface area contributed by atoms with E-state index in [2.05, 4.69) is 25.9 Å². The first-order valence-electron chi connectivity index (χ1n) is 11.0. The summed E-state index contributed by atoms with van der Waals surface area (Å²) in [4.78, 5) is 15.8. The molecular weight excluding hydrogens is 508 g/mol. The molecule has 2 aromatic rings. The van der Waals surface area contributed by atoms with Crippen molar-refractivity contribution in [3.05, 3.63) is 41.5 Å². The van der Waals surface area contributed by atoms with Crippen LogP contribution in [0, 0.1) is 0 Å². The molecule has 1 atom stereocenters. The Morgan fingerprint density at radius 3 is 2.53 bits per heavy atom. The van der Waals surface area contributed by atoms with E-state index in [-0.39, 0.29) is 53.0 Å². The summed E-state index contributed by atoms with van der Waals surface area (Å²) in [7, 11) is -8.75. The minimum Gasteiger partial charge on any atom is -0.398 e. The van der Waals surface area contributed by atoms with Gasteiger partial charge in [0.1, 0.15) is 4.90 Å². The summed E-state index contributed by atoms with van der Waals surface area (Å²) in [6.07, 6.45) is 0.775. The molecule has 1 fully saturated rings. The van der Waals surface area contributed by atoms with Crippen LogP contribution in [-0.2, 0) is 19.9 Å². The first-order valence-corrected chi connectivity index (χ1v) is 14.2. The van der Waals surface area contributed by atoms with E-state index in [4.69, 9.17) is 16.6 Å². The summed E-state index contributed by atoms with van der Waals surface area (Å²) < 4.78 is 51.4. The monoisotopic (exact) mass is 534 g/mol. The standard InChI is InChI=1S/C21H26N8O5S2/c22-7-9-35(31,32)16-5-4-13(17(19(16)36(24,33)34)20-26-11-27-29-20)14-2-1-3-15(18(14)23)21(30)28-12-6-8-25-10-12/h1-5,12,25H,6-11,22-23H2,(H,28,30)(H2,24,33,34)/t12-/m1/s1. The predicted octanol–water partition coefficient (Wildman–Crippen LogP) is -0.423. The molecule has 0 radical (unpaired) electrons. The Morgan fingerprint density at radius 1 is 1.14 bits per heavy atom. The molecule has 4 rings (SSSR count). The number of carbonyl (C=O) groups is 1. The zero-order valence-electron chi connectivity index (χ0n) is 19.1. The summed E-state index contributed by atoms with van der Waals surface area (Å²) in [6, 6.07) is 7.18. The lowest BCUT2D eigenvalue weighted by Crippen LogP contribution is -2.36. The quantitative estimate of drug-likeness (QED) is 0.279. The van der Waals surface area contributed by atoms with Crippen LogP contribution < -0.4 is 27.2 Å². The molecule has 0 aliphatic carbocycles. The van der Waals surface area contributed by atoms with Crippen LogP contribution in [0.25, 0.3) is 11.1 Å². The predicted molar refractivity (Wildman–Crippen MR) is 134 cm³/mol. The van der Waals surface area contributed by atoms with Crippen molar-refractivity contribution in [1.29, 1.82) is 0 Å². The number of aliphatic imine (C=N–C) groups is 1. The SMILES string of the molecule is NCCS(=O)(=O)c1ccc(-c2cccc(C(=O)N[C@@H]3CCNC3)c2N)c(C2=NCN=N2)c1S(N)(=O)=O. The number of nitrogen functional groups attached to an aromatic ring is 1. The third kappa shape index (κ3) is 5.01. The number of nitrogens with one attached hydrogen (secondary N) is 2. The average molecular weight is 535 g/mol. The maximum atomic E-state index is 12.9. The zero-order valence-corrected chi connectivity index (χ0v) is 20.8. The molecule has 1 amide bonds. The Hall–Kier alpha value is -3.24. The summed E-state index contributed by atoms with van der Waals surface area (Å²) in [5, 5.41) is 19.3. The molecule has 2 aliphatic rings. The number of amides is 1. The Labute approximate surface area is 208 Å². The average Bonchev–Trinajstić information content (AvgIpc) is 3.52. The van der Waals surface area contributed by atoms with E-state index in [1.807, 2.05) is 0 Å². The van der Waals surface area contributed by atoms with Crippen molar-refractivity contribution in [1.82, 2.24) is 10.6 Å². The number of nitrogens with two attached hydrogens (primary N) is 3. The molecule has 2 aliphatic heterocycles. The van der Waals surface area contributed by atoms with E-state index < -0.39 is 41.3 Å². The van der Waals surface area contributed by atoms with Gasteiger partial charge in [-0.25, -0.2) is 27.0 Å². The van der Waals surface area contributed by atoms with Gasteiger partial charge in [0.15, 0.2) is 22.3 Å². The van der Waals surface area contributed by atoms with Crippen LogP contribution in [0.4, 0.5) is 5.69 Å². The minimum absolute atomic E-state index is 0.0506. The van der Waals surface area contributed by atoms with Gasteiger partial charge < -0.3 is 22.1 Å². The smallest absolute Gasteiger partial charge is 0.253 e. The van der Waals surface area contributed by atoms with Crippen molar-refractivity contribution in [2.24, 2.45) is 26.1 Å². The fourth-order valence-corrected chi connectivity index (χ4v) is 6.95. The highest BCUT2D eigenvalue weighted by atomic mass is 32.2. The maximum Gasteiger partial charge on any atom is 0.253 e. The number of sulfonamides is 1. The van der Waals surface area contributed by atoms with Crippen molar-refractivity contribution in [3.8, 4) is 11.1 Å². The second-order valence-corrected chi connectivity index (χ2v) is 11.8. The number of nitrogens with zero attached hydrogens (tertiary/aromatic N) is 3. The molecule has 0 unspecified atom stereocenters. The lowest BCUT2D eigenvalue weighted by atomic mass is 9.95. The number of sulfone groups is 1. The van der Waals surface area contributed by atoms with Crippen LogP contribution in [0.15, 0.2) is 55.3 Å². The number of para-hydroxylation sites is 1. The number of benzene rings is 2. The number of rotatable bonds is 8. The van der Waals surface area contributed by atoms with Crippen LogP contribution in [0.1, 0.15) is 22.3 Å². The van der Waals surface area contributed by atoms with Crippen LogP contribution in [0.3, 0.4) is 0 Å².